The number of carboxylic acid groups (broad SMARTS) is 1. The Kier molecular flexibility index (Phi) is 11.0. The van der Waals surface area contributed by atoms with Gasteiger partial charge in [-0.15, -0.1) is 0 Å². The molecule has 2 aromatic heterocycles. The lowest BCUT2D eigenvalue weighted by Gasteiger charge is -2.21. The van der Waals surface area contributed by atoms with Crippen LogP contribution in [0, 0.1) is 20.8 Å². The molecular weight excluding hydrogens is 627 g/mol. The van der Waals surface area contributed by atoms with Gasteiger partial charge < -0.3 is 30.3 Å². The highest BCUT2D eigenvalue weighted by Crippen LogP contribution is 2.36. The summed E-state index contributed by atoms with van der Waals surface area (Å²) in [4.78, 5) is 46.7. The minimum absolute atomic E-state index is 0.211. The van der Waals surface area contributed by atoms with Gasteiger partial charge in [-0.3, -0.25) is 9.59 Å². The fraction of sp³-hybridized carbons (Fsp3) is 0.344. The summed E-state index contributed by atoms with van der Waals surface area (Å²) in [5.74, 6) is -2.59. The number of aliphatic carboxylic acids is 1. The summed E-state index contributed by atoms with van der Waals surface area (Å²) in [5.41, 5.74) is 4.53. The van der Waals surface area contributed by atoms with Gasteiger partial charge in [0.15, 0.2) is 0 Å². The number of nitrogens with two attached hydrogens (primary N) is 1. The van der Waals surface area contributed by atoms with Gasteiger partial charge in [-0.25, -0.2) is 9.97 Å². The zero-order chi connectivity index (χ0) is 33.6. The summed E-state index contributed by atoms with van der Waals surface area (Å²) in [7, 11) is 0. The topological polar surface area (TPSA) is 154 Å². The third-order valence-corrected chi connectivity index (χ3v) is 7.66. The van der Waals surface area contributed by atoms with Gasteiger partial charge in [-0.1, -0.05) is 40.9 Å². The van der Waals surface area contributed by atoms with Gasteiger partial charge in [0.25, 0.3) is 11.5 Å². The van der Waals surface area contributed by atoms with E-state index in [1.165, 1.54) is 19.2 Å². The number of hydrogen-bond donors (Lipinski definition) is 3. The number of amides is 1. The van der Waals surface area contributed by atoms with Crippen molar-refractivity contribution in [1.29, 1.82) is 0 Å². The molecule has 10 nitrogen and oxygen atoms in total. The molecule has 0 radical (unpaired) electrons. The molecule has 14 heteroatoms. The molecule has 5 rings (SSSR count). The number of H-pyrrole nitrogens is 1. The SMILES string of the molecule is Cc1cc(C)cc(-c2c(OCCC3CCCC[NH2+]3)c3cc(C(=O)Nc4cc(C)ncn4)c(Cl)cc3[nH]c2=O)c1.O=C([O-])C(F)(F)F. The second kappa shape index (κ2) is 14.7. The first kappa shape index (κ1) is 34.4. The van der Waals surface area contributed by atoms with E-state index in [0.29, 0.717) is 40.7 Å². The lowest BCUT2D eigenvalue weighted by atomic mass is 9.98. The number of alkyl halides is 3. The van der Waals surface area contributed by atoms with Gasteiger partial charge in [-0.2, -0.15) is 13.2 Å². The zero-order valence-electron chi connectivity index (χ0n) is 25.4. The number of piperidine rings is 1. The summed E-state index contributed by atoms with van der Waals surface area (Å²) < 4.78 is 38.0. The van der Waals surface area contributed by atoms with Crippen LogP contribution >= 0.6 is 11.6 Å². The van der Waals surface area contributed by atoms with E-state index in [1.807, 2.05) is 32.9 Å². The van der Waals surface area contributed by atoms with E-state index >= 15 is 0 Å². The van der Waals surface area contributed by atoms with E-state index in [0.717, 1.165) is 41.8 Å². The first-order chi connectivity index (χ1) is 21.7. The van der Waals surface area contributed by atoms with Crippen LogP contribution in [-0.2, 0) is 4.79 Å². The highest BCUT2D eigenvalue weighted by atomic mass is 35.5. The van der Waals surface area contributed by atoms with Crippen molar-refractivity contribution in [2.75, 3.05) is 18.5 Å². The van der Waals surface area contributed by atoms with Crippen molar-refractivity contribution in [1.82, 2.24) is 15.0 Å². The number of rotatable bonds is 7. The molecule has 0 spiro atoms. The van der Waals surface area contributed by atoms with Gasteiger partial charge in [-0.05, 0) is 57.7 Å². The predicted molar refractivity (Wildman–Crippen MR) is 165 cm³/mol. The minimum Gasteiger partial charge on any atom is -0.542 e. The van der Waals surface area contributed by atoms with E-state index in [1.54, 1.807) is 18.2 Å². The van der Waals surface area contributed by atoms with Crippen LogP contribution in [0.15, 0.2) is 47.5 Å². The number of aromatic amines is 1. The van der Waals surface area contributed by atoms with Crippen molar-refractivity contribution < 1.29 is 37.9 Å². The number of carbonyl (C=O) groups excluding carboxylic acids is 2. The molecule has 3 heterocycles. The zero-order valence-corrected chi connectivity index (χ0v) is 26.1. The number of anilines is 1. The highest BCUT2D eigenvalue weighted by molar-refractivity contribution is 6.35. The molecule has 1 atom stereocenters. The number of hydrogen-bond acceptors (Lipinski definition) is 7. The summed E-state index contributed by atoms with van der Waals surface area (Å²) >= 11 is 6.54. The van der Waals surface area contributed by atoms with Gasteiger partial charge >= 0.3 is 6.18 Å². The Balaban J connectivity index is 0.000000617. The number of carbonyl (C=O) groups is 2. The molecule has 0 bridgehead atoms. The van der Waals surface area contributed by atoms with Crippen LogP contribution in [0.5, 0.6) is 5.75 Å². The molecule has 1 amide bonds. The van der Waals surface area contributed by atoms with Crippen molar-refractivity contribution in [3.05, 3.63) is 80.5 Å². The second-order valence-electron chi connectivity index (χ2n) is 11.1. The normalized spacial score (nSPS) is 14.7. The van der Waals surface area contributed by atoms with E-state index in [-0.39, 0.29) is 16.1 Å². The van der Waals surface area contributed by atoms with Crippen molar-refractivity contribution >= 4 is 40.2 Å². The Morgan fingerprint density at radius 1 is 1.09 bits per heavy atom. The van der Waals surface area contributed by atoms with Gasteiger partial charge in [0.2, 0.25) is 0 Å². The molecule has 1 unspecified atom stereocenters. The predicted octanol–water partition coefficient (Wildman–Crippen LogP) is 4.00. The van der Waals surface area contributed by atoms with Crippen LogP contribution in [0.4, 0.5) is 19.0 Å². The summed E-state index contributed by atoms with van der Waals surface area (Å²) in [6.45, 7) is 7.42. The number of nitrogens with one attached hydrogen (secondary N) is 2. The van der Waals surface area contributed by atoms with Crippen LogP contribution in [0.25, 0.3) is 22.0 Å². The molecule has 1 saturated heterocycles. The highest BCUT2D eigenvalue weighted by Gasteiger charge is 2.29. The number of ether oxygens (including phenoxy) is 1. The van der Waals surface area contributed by atoms with Crippen LogP contribution < -0.4 is 26.0 Å². The van der Waals surface area contributed by atoms with Crippen LogP contribution in [0.3, 0.4) is 0 Å². The maximum atomic E-state index is 13.5. The number of carboxylic acids is 1. The number of fused-ring (bicyclic) bond motifs is 1. The Morgan fingerprint density at radius 3 is 2.39 bits per heavy atom. The molecule has 4 N–H and O–H groups in total. The molecule has 2 aromatic carbocycles. The van der Waals surface area contributed by atoms with Gasteiger partial charge in [0, 0.05) is 23.6 Å². The summed E-state index contributed by atoms with van der Waals surface area (Å²) in [6, 6.07) is 11.5. The van der Waals surface area contributed by atoms with Crippen LogP contribution in [0.1, 0.15) is 52.9 Å². The first-order valence-electron chi connectivity index (χ1n) is 14.6. The van der Waals surface area contributed by atoms with Crippen molar-refractivity contribution in [2.24, 2.45) is 0 Å². The number of halogens is 4. The third kappa shape index (κ3) is 8.82. The second-order valence-corrected chi connectivity index (χ2v) is 11.5. The smallest absolute Gasteiger partial charge is 0.430 e. The standard InChI is InChI=1S/C30H32ClN5O3.C2HF3O2/c1-17-10-18(2)12-20(11-17)27-28(39-9-7-21-6-4-5-8-32-21)23-14-22(24(31)15-25(23)35-30(27)38)29(37)36-26-13-19(3)33-16-34-26;3-2(4,5)1(6)7/h10-16,21,32H,4-9H2,1-3H3,(H,35,38)(H,33,34,36,37);(H,6,7). The molecular formula is C32H33ClF3N5O5. The maximum Gasteiger partial charge on any atom is 0.430 e. The Hall–Kier alpha value is -4.49. The number of benzene rings is 2. The maximum absolute atomic E-state index is 13.5. The van der Waals surface area contributed by atoms with E-state index in [4.69, 9.17) is 26.2 Å². The van der Waals surface area contributed by atoms with E-state index in [9.17, 15) is 22.8 Å². The fourth-order valence-corrected chi connectivity index (χ4v) is 5.55. The lowest BCUT2D eigenvalue weighted by molar-refractivity contribution is -0.698. The number of aromatic nitrogens is 3. The minimum atomic E-state index is -5.19. The number of pyridine rings is 1. The Bertz CT molecular complexity index is 1790. The van der Waals surface area contributed by atoms with Gasteiger partial charge in [0.1, 0.15) is 23.9 Å². The lowest BCUT2D eigenvalue weighted by Crippen LogP contribution is -2.91. The summed E-state index contributed by atoms with van der Waals surface area (Å²) in [6.07, 6.45) is 0.697. The Morgan fingerprint density at radius 2 is 1.78 bits per heavy atom. The Labute approximate surface area is 267 Å². The molecule has 0 aliphatic carbocycles. The molecule has 4 aromatic rings. The van der Waals surface area contributed by atoms with E-state index in [2.05, 4.69) is 31.7 Å². The molecule has 1 fully saturated rings. The molecule has 46 heavy (non-hydrogen) atoms. The molecule has 1 aliphatic rings. The molecule has 1 aliphatic heterocycles. The number of quaternary nitrogens is 1. The first-order valence-corrected chi connectivity index (χ1v) is 14.9. The quantitative estimate of drug-likeness (QED) is 0.271. The number of nitrogens with zero attached hydrogens (tertiary/aromatic N) is 2. The van der Waals surface area contributed by atoms with Crippen LogP contribution in [0.2, 0.25) is 5.02 Å². The molecule has 0 saturated carbocycles. The molecule has 244 valence electrons. The average molecular weight is 660 g/mol. The van der Waals surface area contributed by atoms with Gasteiger partial charge in [0.05, 0.1) is 40.9 Å². The van der Waals surface area contributed by atoms with E-state index < -0.39 is 18.1 Å². The summed E-state index contributed by atoms with van der Waals surface area (Å²) in [5, 5.41) is 14.8. The van der Waals surface area contributed by atoms with Crippen LogP contribution in [-0.4, -0.2) is 52.2 Å². The largest absolute Gasteiger partial charge is 0.542 e. The van der Waals surface area contributed by atoms with Crippen molar-refractivity contribution in [3.63, 3.8) is 0 Å². The number of aryl methyl sites for hydroxylation is 3. The van der Waals surface area contributed by atoms with Crippen molar-refractivity contribution in [3.8, 4) is 16.9 Å². The monoisotopic (exact) mass is 659 g/mol. The third-order valence-electron chi connectivity index (χ3n) is 7.35. The average Bonchev–Trinajstić information content (AvgIpc) is 2.96. The fourth-order valence-electron chi connectivity index (χ4n) is 5.30. The van der Waals surface area contributed by atoms with Crippen molar-refractivity contribution in [2.45, 2.75) is 58.7 Å².